The second kappa shape index (κ2) is 10.5. The fraction of sp³-hybridized carbons (Fsp3) is 0.625. The number of amides is 1. The first kappa shape index (κ1) is 20.8. The highest BCUT2D eigenvalue weighted by Gasteiger charge is 2.22. The van der Waals surface area contributed by atoms with E-state index in [1.807, 2.05) is 0 Å². The van der Waals surface area contributed by atoms with Crippen molar-refractivity contribution in [2.24, 2.45) is 5.92 Å². The van der Waals surface area contributed by atoms with Crippen molar-refractivity contribution < 1.29 is 4.79 Å². The second-order valence-corrected chi connectivity index (χ2v) is 8.43. The van der Waals surface area contributed by atoms with Gasteiger partial charge in [-0.3, -0.25) is 4.79 Å². The molecule has 28 heavy (non-hydrogen) atoms. The zero-order valence-corrected chi connectivity index (χ0v) is 17.6. The molecule has 0 unspecified atom stereocenters. The zero-order chi connectivity index (χ0) is 19.8. The molecule has 1 aliphatic carbocycles. The number of carbonyl (C=O) groups excluding carboxylic acids is 1. The van der Waals surface area contributed by atoms with Crippen molar-refractivity contribution in [1.29, 1.82) is 0 Å². The predicted molar refractivity (Wildman–Crippen MR) is 117 cm³/mol. The summed E-state index contributed by atoms with van der Waals surface area (Å²) < 4.78 is 0. The minimum atomic E-state index is 0.346. The summed E-state index contributed by atoms with van der Waals surface area (Å²) in [6.45, 7) is 9.93. The number of carbonyl (C=O) groups is 1. The molecular formula is C24H37N3O. The van der Waals surface area contributed by atoms with Gasteiger partial charge in [0.1, 0.15) is 0 Å². The Morgan fingerprint density at radius 3 is 2.43 bits per heavy atom. The van der Waals surface area contributed by atoms with Crippen LogP contribution in [0.2, 0.25) is 0 Å². The third kappa shape index (κ3) is 6.02. The highest BCUT2D eigenvalue weighted by atomic mass is 16.2. The van der Waals surface area contributed by atoms with Crippen LogP contribution in [0, 0.1) is 5.92 Å². The standard InChI is InChI=1S/C24H37N3O/c1-3-7-21-10-13-23(14-11-21)25-20(2)26-16-6-17-27(19-18-26)24(28)15-12-22-8-4-5-9-22/h10-11,13-14,22,25H,2-9,12,15-19H2,1H3. The molecule has 1 aliphatic heterocycles. The van der Waals surface area contributed by atoms with Gasteiger partial charge in [0, 0.05) is 38.3 Å². The van der Waals surface area contributed by atoms with Crippen LogP contribution < -0.4 is 5.32 Å². The topological polar surface area (TPSA) is 35.6 Å². The summed E-state index contributed by atoms with van der Waals surface area (Å²) in [7, 11) is 0. The third-order valence-corrected chi connectivity index (χ3v) is 6.25. The molecule has 1 aromatic rings. The molecule has 1 saturated carbocycles. The van der Waals surface area contributed by atoms with Gasteiger partial charge in [-0.15, -0.1) is 0 Å². The molecule has 0 atom stereocenters. The molecule has 4 nitrogen and oxygen atoms in total. The van der Waals surface area contributed by atoms with Crippen LogP contribution in [0.15, 0.2) is 36.7 Å². The second-order valence-electron chi connectivity index (χ2n) is 8.43. The quantitative estimate of drug-likeness (QED) is 0.684. The number of hydrogen-bond acceptors (Lipinski definition) is 3. The Labute approximate surface area is 171 Å². The highest BCUT2D eigenvalue weighted by molar-refractivity contribution is 5.76. The molecule has 1 aromatic carbocycles. The minimum Gasteiger partial charge on any atom is -0.357 e. The van der Waals surface area contributed by atoms with Gasteiger partial charge in [0.25, 0.3) is 0 Å². The average molecular weight is 384 g/mol. The van der Waals surface area contributed by atoms with Crippen LogP contribution >= 0.6 is 0 Å². The molecule has 2 aliphatic rings. The Morgan fingerprint density at radius 1 is 1.04 bits per heavy atom. The van der Waals surface area contributed by atoms with E-state index in [0.717, 1.165) is 69.3 Å². The summed E-state index contributed by atoms with van der Waals surface area (Å²) in [5.41, 5.74) is 2.46. The molecule has 1 N–H and O–H groups in total. The molecule has 0 spiro atoms. The fourth-order valence-corrected chi connectivity index (χ4v) is 4.51. The Hall–Kier alpha value is -1.97. The van der Waals surface area contributed by atoms with E-state index < -0.39 is 0 Å². The van der Waals surface area contributed by atoms with Crippen LogP contribution in [0.4, 0.5) is 5.69 Å². The normalized spacial score (nSPS) is 18.2. The molecule has 1 saturated heterocycles. The maximum absolute atomic E-state index is 12.6. The number of nitrogens with one attached hydrogen (secondary N) is 1. The summed E-state index contributed by atoms with van der Waals surface area (Å²) in [6.07, 6.45) is 10.5. The van der Waals surface area contributed by atoms with Crippen LogP contribution in [0.3, 0.4) is 0 Å². The molecule has 1 amide bonds. The molecule has 3 rings (SSSR count). The van der Waals surface area contributed by atoms with Crippen molar-refractivity contribution in [1.82, 2.24) is 9.80 Å². The van der Waals surface area contributed by atoms with Gasteiger partial charge >= 0.3 is 0 Å². The van der Waals surface area contributed by atoms with Crippen molar-refractivity contribution in [2.75, 3.05) is 31.5 Å². The first-order valence-electron chi connectivity index (χ1n) is 11.2. The van der Waals surface area contributed by atoms with Crippen LogP contribution in [-0.2, 0) is 11.2 Å². The van der Waals surface area contributed by atoms with E-state index in [0.29, 0.717) is 5.91 Å². The Bertz CT molecular complexity index is 634. The maximum Gasteiger partial charge on any atom is 0.222 e. The van der Waals surface area contributed by atoms with Crippen LogP contribution in [0.1, 0.15) is 63.9 Å². The van der Waals surface area contributed by atoms with Crippen LogP contribution in [0.5, 0.6) is 0 Å². The largest absolute Gasteiger partial charge is 0.357 e. The number of rotatable bonds is 8. The molecule has 2 fully saturated rings. The lowest BCUT2D eigenvalue weighted by atomic mass is 10.0. The van der Waals surface area contributed by atoms with Crippen molar-refractivity contribution in [3.63, 3.8) is 0 Å². The monoisotopic (exact) mass is 383 g/mol. The summed E-state index contributed by atoms with van der Waals surface area (Å²) in [6, 6.07) is 8.64. The zero-order valence-electron chi connectivity index (χ0n) is 17.6. The van der Waals surface area contributed by atoms with Gasteiger partial charge in [0.15, 0.2) is 0 Å². The van der Waals surface area contributed by atoms with E-state index in [-0.39, 0.29) is 0 Å². The van der Waals surface area contributed by atoms with E-state index in [4.69, 9.17) is 0 Å². The van der Waals surface area contributed by atoms with Crippen LogP contribution in [0.25, 0.3) is 0 Å². The van der Waals surface area contributed by atoms with Gasteiger partial charge in [-0.2, -0.15) is 0 Å². The molecule has 0 radical (unpaired) electrons. The fourth-order valence-electron chi connectivity index (χ4n) is 4.51. The number of anilines is 1. The Kier molecular flexibility index (Phi) is 7.81. The van der Waals surface area contributed by atoms with Crippen molar-refractivity contribution >= 4 is 11.6 Å². The summed E-state index contributed by atoms with van der Waals surface area (Å²) >= 11 is 0. The predicted octanol–water partition coefficient (Wildman–Crippen LogP) is 5.03. The van der Waals surface area contributed by atoms with E-state index >= 15 is 0 Å². The lowest BCUT2D eigenvalue weighted by molar-refractivity contribution is -0.131. The lowest BCUT2D eigenvalue weighted by Gasteiger charge is -2.26. The van der Waals surface area contributed by atoms with Gasteiger partial charge in [-0.05, 0) is 42.9 Å². The van der Waals surface area contributed by atoms with Crippen molar-refractivity contribution in [3.8, 4) is 0 Å². The van der Waals surface area contributed by atoms with E-state index in [1.165, 1.54) is 37.7 Å². The first-order chi connectivity index (χ1) is 13.7. The Morgan fingerprint density at radius 2 is 1.71 bits per heavy atom. The summed E-state index contributed by atoms with van der Waals surface area (Å²) in [5.74, 6) is 2.07. The minimum absolute atomic E-state index is 0.346. The number of aryl methyl sites for hydroxylation is 1. The summed E-state index contributed by atoms with van der Waals surface area (Å²) in [4.78, 5) is 17.0. The van der Waals surface area contributed by atoms with Crippen molar-refractivity contribution in [3.05, 3.63) is 42.2 Å². The van der Waals surface area contributed by atoms with Gasteiger partial charge < -0.3 is 15.1 Å². The van der Waals surface area contributed by atoms with Gasteiger partial charge in [-0.25, -0.2) is 0 Å². The lowest BCUT2D eigenvalue weighted by Crippen LogP contribution is -2.35. The molecule has 0 aromatic heterocycles. The molecule has 1 heterocycles. The molecule has 4 heteroatoms. The average Bonchev–Trinajstić information content (AvgIpc) is 3.10. The van der Waals surface area contributed by atoms with E-state index in [1.54, 1.807) is 0 Å². The number of benzene rings is 1. The number of nitrogens with zero attached hydrogens (tertiary/aromatic N) is 2. The van der Waals surface area contributed by atoms with Gasteiger partial charge in [-0.1, -0.05) is 57.7 Å². The molecule has 0 bridgehead atoms. The first-order valence-corrected chi connectivity index (χ1v) is 11.2. The van der Waals surface area contributed by atoms with E-state index in [2.05, 4.69) is 52.9 Å². The van der Waals surface area contributed by atoms with E-state index in [9.17, 15) is 4.79 Å². The highest BCUT2D eigenvalue weighted by Crippen LogP contribution is 2.28. The van der Waals surface area contributed by atoms with Crippen molar-refractivity contribution in [2.45, 2.75) is 64.7 Å². The number of hydrogen-bond donors (Lipinski definition) is 1. The molecular weight excluding hydrogens is 346 g/mol. The third-order valence-electron chi connectivity index (χ3n) is 6.25. The SMILES string of the molecule is C=C(Nc1ccc(CCC)cc1)N1CCCN(C(=O)CCC2CCCC2)CC1. The smallest absolute Gasteiger partial charge is 0.222 e. The summed E-state index contributed by atoms with van der Waals surface area (Å²) in [5, 5.41) is 3.44. The van der Waals surface area contributed by atoms with Gasteiger partial charge in [0.2, 0.25) is 5.91 Å². The Balaban J connectivity index is 1.44. The molecule has 154 valence electrons. The maximum atomic E-state index is 12.6. The van der Waals surface area contributed by atoms with Gasteiger partial charge in [0.05, 0.1) is 5.82 Å². The van der Waals surface area contributed by atoms with Crippen LogP contribution in [-0.4, -0.2) is 41.9 Å².